The van der Waals surface area contributed by atoms with E-state index in [4.69, 9.17) is 4.74 Å². The fraction of sp³-hybridized carbons (Fsp3) is 0.538. The molecular formula is C13H17F4NO2S. The Kier molecular flexibility index (Phi) is 8.02. The molecule has 0 aliphatic heterocycles. The van der Waals surface area contributed by atoms with Crippen LogP contribution in [0.2, 0.25) is 0 Å². The lowest BCUT2D eigenvalue weighted by molar-refractivity contribution is -0.0327. The van der Waals surface area contributed by atoms with E-state index in [1.807, 2.05) is 0 Å². The predicted molar refractivity (Wildman–Crippen MR) is 73.4 cm³/mol. The predicted octanol–water partition coefficient (Wildman–Crippen LogP) is 2.55. The first-order valence-corrected chi connectivity index (χ1v) is 7.27. The molecule has 2 N–H and O–H groups in total. The number of benzene rings is 1. The second kappa shape index (κ2) is 9.24. The molecule has 0 saturated carbocycles. The van der Waals surface area contributed by atoms with Crippen LogP contribution in [0.3, 0.4) is 0 Å². The van der Waals surface area contributed by atoms with Crippen molar-refractivity contribution in [3.05, 3.63) is 35.6 Å². The lowest BCUT2D eigenvalue weighted by Crippen LogP contribution is -2.32. The molecule has 1 unspecified atom stereocenters. The molecule has 0 aromatic heterocycles. The summed E-state index contributed by atoms with van der Waals surface area (Å²) in [6, 6.07) is 6.14. The maximum atomic E-state index is 13.2. The van der Waals surface area contributed by atoms with Gasteiger partial charge in [0.05, 0.1) is 19.3 Å². The largest absolute Gasteiger partial charge is 0.441 e. The third kappa shape index (κ3) is 8.92. The Morgan fingerprint density at radius 3 is 2.67 bits per heavy atom. The summed E-state index contributed by atoms with van der Waals surface area (Å²) < 4.78 is 53.9. The van der Waals surface area contributed by atoms with Crippen LogP contribution in [0.1, 0.15) is 5.56 Å². The Labute approximate surface area is 124 Å². The van der Waals surface area contributed by atoms with Gasteiger partial charge in [0.1, 0.15) is 5.82 Å². The van der Waals surface area contributed by atoms with Gasteiger partial charge in [-0.25, -0.2) is 4.39 Å². The normalized spacial score (nSPS) is 13.4. The Bertz CT molecular complexity index is 417. The van der Waals surface area contributed by atoms with Gasteiger partial charge in [-0.05, 0) is 17.8 Å². The van der Waals surface area contributed by atoms with Crippen LogP contribution >= 0.6 is 11.8 Å². The number of alkyl halides is 3. The van der Waals surface area contributed by atoms with Crippen LogP contribution in [0.15, 0.2) is 24.3 Å². The molecule has 0 saturated heterocycles. The number of aliphatic hydroxyl groups excluding tert-OH is 1. The third-order valence-corrected chi connectivity index (χ3v) is 3.19. The minimum atomic E-state index is -4.23. The van der Waals surface area contributed by atoms with Crippen LogP contribution in [0.4, 0.5) is 17.6 Å². The molecule has 1 atom stereocenters. The number of hydrogen-bond acceptors (Lipinski definition) is 4. The average Bonchev–Trinajstić information content (AvgIpc) is 2.39. The smallest absolute Gasteiger partial charge is 0.389 e. The lowest BCUT2D eigenvalue weighted by Gasteiger charge is -2.13. The standard InChI is InChI=1S/C13H17F4NO2S/c14-12-4-2-1-3-10(12)8-20-9-11(19)7-18-5-6-21-13(15,16)17/h1-4,11,18-19H,5-9H2. The van der Waals surface area contributed by atoms with Crippen molar-refractivity contribution < 1.29 is 27.4 Å². The summed E-state index contributed by atoms with van der Waals surface area (Å²) in [5.74, 6) is -0.499. The molecule has 8 heteroatoms. The summed E-state index contributed by atoms with van der Waals surface area (Å²) in [6.45, 7) is 0.269. The van der Waals surface area contributed by atoms with Gasteiger partial charge >= 0.3 is 5.51 Å². The van der Waals surface area contributed by atoms with E-state index in [1.165, 1.54) is 6.07 Å². The van der Waals surface area contributed by atoms with E-state index in [2.05, 4.69) is 5.32 Å². The summed E-state index contributed by atoms with van der Waals surface area (Å²) in [5.41, 5.74) is -3.84. The topological polar surface area (TPSA) is 41.5 Å². The molecule has 1 rings (SSSR count). The number of nitrogens with one attached hydrogen (secondary N) is 1. The molecule has 1 aromatic rings. The van der Waals surface area contributed by atoms with Crippen molar-refractivity contribution in [1.29, 1.82) is 0 Å². The molecule has 0 bridgehead atoms. The highest BCUT2D eigenvalue weighted by molar-refractivity contribution is 8.00. The first-order chi connectivity index (χ1) is 9.88. The van der Waals surface area contributed by atoms with Crippen LogP contribution in [0.25, 0.3) is 0 Å². The monoisotopic (exact) mass is 327 g/mol. The Balaban J connectivity index is 2.06. The zero-order valence-corrected chi connectivity index (χ0v) is 12.0. The maximum absolute atomic E-state index is 13.2. The number of aliphatic hydroxyl groups is 1. The van der Waals surface area contributed by atoms with E-state index in [9.17, 15) is 22.7 Å². The van der Waals surface area contributed by atoms with Crippen LogP contribution in [-0.2, 0) is 11.3 Å². The summed E-state index contributed by atoms with van der Waals surface area (Å²) >= 11 is -0.115. The van der Waals surface area contributed by atoms with E-state index in [1.54, 1.807) is 18.2 Å². The molecule has 120 valence electrons. The minimum Gasteiger partial charge on any atom is -0.389 e. The number of ether oxygens (including phenoxy) is 1. The van der Waals surface area contributed by atoms with Crippen molar-refractivity contribution in [2.45, 2.75) is 18.2 Å². The molecule has 0 spiro atoms. The second-order valence-electron chi connectivity index (χ2n) is 4.26. The Morgan fingerprint density at radius 2 is 2.00 bits per heavy atom. The van der Waals surface area contributed by atoms with E-state index in [0.29, 0.717) is 5.56 Å². The van der Waals surface area contributed by atoms with Crippen LogP contribution in [0, 0.1) is 5.82 Å². The molecule has 0 aliphatic rings. The number of halogens is 4. The molecule has 21 heavy (non-hydrogen) atoms. The fourth-order valence-corrected chi connectivity index (χ4v) is 1.96. The van der Waals surface area contributed by atoms with Gasteiger partial charge < -0.3 is 15.2 Å². The Morgan fingerprint density at radius 1 is 1.29 bits per heavy atom. The highest BCUT2D eigenvalue weighted by Gasteiger charge is 2.27. The highest BCUT2D eigenvalue weighted by atomic mass is 32.2. The van der Waals surface area contributed by atoms with Crippen LogP contribution in [-0.4, -0.2) is 42.2 Å². The molecule has 3 nitrogen and oxygen atoms in total. The summed E-state index contributed by atoms with van der Waals surface area (Å²) in [4.78, 5) is 0. The van der Waals surface area contributed by atoms with Crippen LogP contribution in [0.5, 0.6) is 0 Å². The van der Waals surface area contributed by atoms with E-state index in [0.717, 1.165) is 0 Å². The summed E-state index contributed by atoms with van der Waals surface area (Å²) in [6.07, 6.45) is -0.854. The van der Waals surface area contributed by atoms with Gasteiger partial charge in [0.25, 0.3) is 0 Å². The molecule has 0 heterocycles. The van der Waals surface area contributed by atoms with Crippen molar-refractivity contribution in [2.24, 2.45) is 0 Å². The summed E-state index contributed by atoms with van der Waals surface area (Å²) in [5, 5.41) is 12.2. The van der Waals surface area contributed by atoms with Crippen molar-refractivity contribution in [3.8, 4) is 0 Å². The molecule has 0 radical (unpaired) electrons. The van der Waals surface area contributed by atoms with Crippen molar-refractivity contribution >= 4 is 11.8 Å². The van der Waals surface area contributed by atoms with Gasteiger partial charge in [0, 0.05) is 24.4 Å². The van der Waals surface area contributed by atoms with Gasteiger partial charge in [-0.1, -0.05) is 18.2 Å². The molecule has 1 aromatic carbocycles. The van der Waals surface area contributed by atoms with Crippen molar-refractivity contribution in [2.75, 3.05) is 25.4 Å². The first-order valence-electron chi connectivity index (χ1n) is 6.29. The van der Waals surface area contributed by atoms with Gasteiger partial charge in [0.2, 0.25) is 0 Å². The average molecular weight is 327 g/mol. The Hall–Kier alpha value is -0.830. The van der Waals surface area contributed by atoms with Gasteiger partial charge in [-0.3, -0.25) is 0 Å². The number of rotatable bonds is 9. The van der Waals surface area contributed by atoms with Gasteiger partial charge in [0.15, 0.2) is 0 Å². The highest BCUT2D eigenvalue weighted by Crippen LogP contribution is 2.29. The van der Waals surface area contributed by atoms with Crippen LogP contribution < -0.4 is 5.32 Å². The minimum absolute atomic E-state index is 0.0201. The summed E-state index contributed by atoms with van der Waals surface area (Å²) in [7, 11) is 0. The quantitative estimate of drug-likeness (QED) is 0.540. The maximum Gasteiger partial charge on any atom is 0.441 e. The SMILES string of the molecule is OC(CNCCSC(F)(F)F)COCc1ccccc1F. The lowest BCUT2D eigenvalue weighted by atomic mass is 10.2. The van der Waals surface area contributed by atoms with Crippen molar-refractivity contribution in [3.63, 3.8) is 0 Å². The van der Waals surface area contributed by atoms with Gasteiger partial charge in [-0.15, -0.1) is 0 Å². The van der Waals surface area contributed by atoms with E-state index < -0.39 is 11.6 Å². The second-order valence-corrected chi connectivity index (χ2v) is 5.42. The number of thioether (sulfide) groups is 1. The number of hydrogen-bond donors (Lipinski definition) is 2. The molecule has 0 fully saturated rings. The first kappa shape index (κ1) is 18.2. The fourth-order valence-electron chi connectivity index (χ4n) is 1.49. The van der Waals surface area contributed by atoms with Crippen molar-refractivity contribution in [1.82, 2.24) is 5.32 Å². The zero-order valence-electron chi connectivity index (χ0n) is 11.2. The van der Waals surface area contributed by atoms with Gasteiger partial charge in [-0.2, -0.15) is 13.2 Å². The zero-order chi connectivity index (χ0) is 15.7. The molecule has 0 aliphatic carbocycles. The molecule has 0 amide bonds. The van der Waals surface area contributed by atoms with E-state index >= 15 is 0 Å². The van der Waals surface area contributed by atoms with E-state index in [-0.39, 0.29) is 49.6 Å². The third-order valence-electron chi connectivity index (χ3n) is 2.45. The molecular weight excluding hydrogens is 310 g/mol.